The van der Waals surface area contributed by atoms with E-state index in [0.717, 1.165) is 16.4 Å². The topological polar surface area (TPSA) is 51.4 Å². The van der Waals surface area contributed by atoms with Crippen LogP contribution in [0.25, 0.3) is 0 Å². The molecule has 0 spiro atoms. The molecule has 19 heavy (non-hydrogen) atoms. The largest absolute Gasteiger partial charge is 0.479 e. The highest BCUT2D eigenvalue weighted by atomic mass is 35.5. The zero-order chi connectivity index (χ0) is 13.8. The van der Waals surface area contributed by atoms with Gasteiger partial charge >= 0.3 is 0 Å². The molecule has 0 fully saturated rings. The van der Waals surface area contributed by atoms with E-state index < -0.39 is 0 Å². The number of hydrogen-bond donors (Lipinski definition) is 1. The third-order valence-electron chi connectivity index (χ3n) is 2.77. The number of ether oxygens (including phenoxy) is 1. The molecule has 0 radical (unpaired) electrons. The Balaban J connectivity index is 2.18. The zero-order valence-electron chi connectivity index (χ0n) is 10.9. The van der Waals surface area contributed by atoms with Crippen LogP contribution in [0.2, 0.25) is 5.02 Å². The van der Waals surface area contributed by atoms with Gasteiger partial charge in [-0.1, -0.05) is 23.7 Å². The van der Waals surface area contributed by atoms with Crippen LogP contribution in [-0.4, -0.2) is 19.1 Å². The first-order valence-corrected chi connectivity index (χ1v) is 6.24. The summed E-state index contributed by atoms with van der Waals surface area (Å²) in [4.78, 5) is 6.36. The molecule has 0 saturated carbocycles. The summed E-state index contributed by atoms with van der Waals surface area (Å²) in [6.07, 6.45) is 0. The lowest BCUT2D eigenvalue weighted by Crippen LogP contribution is -2.18. The second-order valence-corrected chi connectivity index (χ2v) is 4.69. The SMILES string of the molecule is COc1nc(N(C)Cc2cccc(Cl)c2)ccc1N. The smallest absolute Gasteiger partial charge is 0.238 e. The number of hydrogen-bond acceptors (Lipinski definition) is 4. The third-order valence-corrected chi connectivity index (χ3v) is 3.00. The summed E-state index contributed by atoms with van der Waals surface area (Å²) >= 11 is 5.97. The van der Waals surface area contributed by atoms with Crippen LogP contribution in [0.5, 0.6) is 5.88 Å². The summed E-state index contributed by atoms with van der Waals surface area (Å²) < 4.78 is 5.12. The molecule has 0 bridgehead atoms. The lowest BCUT2D eigenvalue weighted by molar-refractivity contribution is 0.400. The molecule has 1 aromatic carbocycles. The van der Waals surface area contributed by atoms with E-state index in [1.54, 1.807) is 13.2 Å². The Morgan fingerprint density at radius 2 is 2.11 bits per heavy atom. The number of pyridine rings is 1. The average molecular weight is 278 g/mol. The molecular weight excluding hydrogens is 262 g/mol. The number of methoxy groups -OCH3 is 1. The molecule has 0 aliphatic carbocycles. The molecule has 0 aliphatic rings. The maximum Gasteiger partial charge on any atom is 0.238 e. The fraction of sp³-hybridized carbons (Fsp3) is 0.214. The van der Waals surface area contributed by atoms with Gasteiger partial charge in [-0.15, -0.1) is 0 Å². The number of aromatic nitrogens is 1. The molecule has 2 aromatic rings. The molecule has 100 valence electrons. The Hall–Kier alpha value is -1.94. The van der Waals surface area contributed by atoms with E-state index in [1.165, 1.54) is 0 Å². The lowest BCUT2D eigenvalue weighted by Gasteiger charge is -2.19. The number of halogens is 1. The van der Waals surface area contributed by atoms with Crippen molar-refractivity contribution in [1.29, 1.82) is 0 Å². The van der Waals surface area contributed by atoms with Gasteiger partial charge in [0.1, 0.15) is 5.82 Å². The van der Waals surface area contributed by atoms with Crippen LogP contribution in [-0.2, 0) is 6.54 Å². The number of benzene rings is 1. The fourth-order valence-corrected chi connectivity index (χ4v) is 2.02. The normalized spacial score (nSPS) is 10.3. The lowest BCUT2D eigenvalue weighted by atomic mass is 10.2. The number of nitrogens with zero attached hydrogens (tertiary/aromatic N) is 2. The van der Waals surface area contributed by atoms with Gasteiger partial charge < -0.3 is 15.4 Å². The Labute approximate surface area is 117 Å². The summed E-state index contributed by atoms with van der Waals surface area (Å²) in [6, 6.07) is 11.4. The van der Waals surface area contributed by atoms with Crippen molar-refractivity contribution in [2.75, 3.05) is 24.8 Å². The van der Waals surface area contributed by atoms with Crippen molar-refractivity contribution in [2.24, 2.45) is 0 Å². The Kier molecular flexibility index (Phi) is 4.12. The molecule has 2 N–H and O–H groups in total. The minimum Gasteiger partial charge on any atom is -0.479 e. The monoisotopic (exact) mass is 277 g/mol. The first-order chi connectivity index (χ1) is 9.10. The minimum atomic E-state index is 0.440. The molecule has 4 nitrogen and oxygen atoms in total. The molecule has 2 rings (SSSR count). The Bertz CT molecular complexity index is 574. The predicted octanol–water partition coefficient (Wildman–Crippen LogP) is 2.96. The van der Waals surface area contributed by atoms with E-state index in [1.807, 2.05) is 42.3 Å². The molecule has 1 heterocycles. The second kappa shape index (κ2) is 5.80. The molecule has 0 saturated heterocycles. The molecule has 1 aromatic heterocycles. The Morgan fingerprint density at radius 1 is 1.32 bits per heavy atom. The van der Waals surface area contributed by atoms with E-state index in [9.17, 15) is 0 Å². The van der Waals surface area contributed by atoms with Crippen LogP contribution >= 0.6 is 11.6 Å². The molecule has 0 unspecified atom stereocenters. The van der Waals surface area contributed by atoms with E-state index in [-0.39, 0.29) is 0 Å². The van der Waals surface area contributed by atoms with Crippen LogP contribution in [0.15, 0.2) is 36.4 Å². The average Bonchev–Trinajstić information content (AvgIpc) is 2.39. The van der Waals surface area contributed by atoms with E-state index in [4.69, 9.17) is 22.1 Å². The Morgan fingerprint density at radius 3 is 2.79 bits per heavy atom. The number of rotatable bonds is 4. The highest BCUT2D eigenvalue weighted by Crippen LogP contribution is 2.23. The highest BCUT2D eigenvalue weighted by Gasteiger charge is 2.08. The van der Waals surface area contributed by atoms with Gasteiger partial charge in [0.15, 0.2) is 0 Å². The van der Waals surface area contributed by atoms with Gasteiger partial charge in [0.25, 0.3) is 0 Å². The summed E-state index contributed by atoms with van der Waals surface area (Å²) in [5, 5.41) is 0.730. The van der Waals surface area contributed by atoms with Crippen LogP contribution in [0, 0.1) is 0 Å². The summed E-state index contributed by atoms with van der Waals surface area (Å²) in [7, 11) is 3.51. The summed E-state index contributed by atoms with van der Waals surface area (Å²) in [6.45, 7) is 0.709. The molecule has 0 aliphatic heterocycles. The van der Waals surface area contributed by atoms with Crippen molar-refractivity contribution in [1.82, 2.24) is 4.98 Å². The molecule has 0 atom stereocenters. The zero-order valence-corrected chi connectivity index (χ0v) is 11.7. The standard InChI is InChI=1S/C14H16ClN3O/c1-18(9-10-4-3-5-11(15)8-10)13-7-6-12(16)14(17-13)19-2/h3-8H,9,16H2,1-2H3. The molecular formula is C14H16ClN3O. The van der Waals surface area contributed by atoms with Crippen molar-refractivity contribution in [2.45, 2.75) is 6.54 Å². The second-order valence-electron chi connectivity index (χ2n) is 4.25. The van der Waals surface area contributed by atoms with Gasteiger partial charge in [0, 0.05) is 18.6 Å². The molecule has 0 amide bonds. The number of nitrogens with two attached hydrogens (primary N) is 1. The molecule has 5 heteroatoms. The van der Waals surface area contributed by atoms with Crippen LogP contribution < -0.4 is 15.4 Å². The van der Waals surface area contributed by atoms with Crippen molar-refractivity contribution in [3.63, 3.8) is 0 Å². The van der Waals surface area contributed by atoms with Gasteiger partial charge in [0.2, 0.25) is 5.88 Å². The van der Waals surface area contributed by atoms with Gasteiger partial charge in [-0.05, 0) is 29.8 Å². The van der Waals surface area contributed by atoms with E-state index in [2.05, 4.69) is 4.98 Å². The number of anilines is 2. The van der Waals surface area contributed by atoms with Crippen molar-refractivity contribution in [3.8, 4) is 5.88 Å². The van der Waals surface area contributed by atoms with Gasteiger partial charge in [-0.3, -0.25) is 0 Å². The highest BCUT2D eigenvalue weighted by molar-refractivity contribution is 6.30. The third kappa shape index (κ3) is 3.29. The first-order valence-electron chi connectivity index (χ1n) is 5.86. The minimum absolute atomic E-state index is 0.440. The summed E-state index contributed by atoms with van der Waals surface area (Å²) in [5.41, 5.74) is 7.40. The number of nitrogen functional groups attached to an aromatic ring is 1. The fourth-order valence-electron chi connectivity index (χ4n) is 1.81. The first kappa shape index (κ1) is 13.5. The quantitative estimate of drug-likeness (QED) is 0.933. The van der Waals surface area contributed by atoms with Gasteiger partial charge in [-0.25, -0.2) is 0 Å². The van der Waals surface area contributed by atoms with E-state index in [0.29, 0.717) is 18.1 Å². The van der Waals surface area contributed by atoms with Gasteiger partial charge in [-0.2, -0.15) is 4.98 Å². The summed E-state index contributed by atoms with van der Waals surface area (Å²) in [5.74, 6) is 1.24. The maximum atomic E-state index is 5.97. The van der Waals surface area contributed by atoms with E-state index >= 15 is 0 Å². The van der Waals surface area contributed by atoms with Crippen LogP contribution in [0.1, 0.15) is 5.56 Å². The maximum absolute atomic E-state index is 5.97. The van der Waals surface area contributed by atoms with Gasteiger partial charge in [0.05, 0.1) is 12.8 Å². The van der Waals surface area contributed by atoms with Crippen molar-refractivity contribution < 1.29 is 4.74 Å². The van der Waals surface area contributed by atoms with Crippen molar-refractivity contribution in [3.05, 3.63) is 47.0 Å². The predicted molar refractivity (Wildman–Crippen MR) is 78.8 cm³/mol. The van der Waals surface area contributed by atoms with Crippen molar-refractivity contribution >= 4 is 23.1 Å². The van der Waals surface area contributed by atoms with Crippen LogP contribution in [0.3, 0.4) is 0 Å². The van der Waals surface area contributed by atoms with Crippen LogP contribution in [0.4, 0.5) is 11.5 Å².